The number of hydrogen-bond donors (Lipinski definition) is 0. The second-order valence-corrected chi connectivity index (χ2v) is 8.45. The van der Waals surface area contributed by atoms with Crippen LogP contribution in [0.25, 0.3) is 17.2 Å². The average molecular weight is 473 g/mol. The van der Waals surface area contributed by atoms with Crippen LogP contribution in [0.1, 0.15) is 21.5 Å². The molecule has 1 heterocycles. The highest BCUT2D eigenvalue weighted by Crippen LogP contribution is 2.35. The minimum Gasteiger partial charge on any atom is -0.489 e. The summed E-state index contributed by atoms with van der Waals surface area (Å²) in [4.78, 5) is 12.8. The lowest BCUT2D eigenvalue weighted by Crippen LogP contribution is -1.98. The van der Waals surface area contributed by atoms with Crippen LogP contribution in [-0.2, 0) is 6.61 Å². The highest BCUT2D eigenvalue weighted by Gasteiger charge is 2.27. The van der Waals surface area contributed by atoms with E-state index in [0.717, 1.165) is 22.3 Å². The Hall–Kier alpha value is -3.53. The first kappa shape index (κ1) is 21.3. The number of carbonyl (C=O) groups excluding carboxylic acids is 1. The second kappa shape index (κ2) is 9.14. The molecule has 0 N–H and O–H groups in total. The van der Waals surface area contributed by atoms with E-state index >= 15 is 0 Å². The molecular weight excluding hydrogens is 455 g/mol. The summed E-state index contributed by atoms with van der Waals surface area (Å²) in [5.41, 5.74) is 4.48. The number of ketones is 1. The van der Waals surface area contributed by atoms with Gasteiger partial charge in [0.05, 0.1) is 5.56 Å². The Labute approximate surface area is 201 Å². The summed E-state index contributed by atoms with van der Waals surface area (Å²) in [5.74, 6) is 1.20. The van der Waals surface area contributed by atoms with Gasteiger partial charge in [0.2, 0.25) is 5.78 Å². The largest absolute Gasteiger partial charge is 0.489 e. The van der Waals surface area contributed by atoms with Crippen LogP contribution in [0.15, 0.2) is 96.8 Å². The van der Waals surface area contributed by atoms with Gasteiger partial charge in [-0.3, -0.25) is 4.79 Å². The van der Waals surface area contributed by atoms with Crippen molar-refractivity contribution in [2.45, 2.75) is 6.61 Å². The van der Waals surface area contributed by atoms with Gasteiger partial charge < -0.3 is 9.47 Å². The number of fused-ring (bicyclic) bond motifs is 1. The Kier molecular flexibility index (Phi) is 5.91. The van der Waals surface area contributed by atoms with E-state index in [1.54, 1.807) is 36.4 Å². The van der Waals surface area contributed by atoms with Gasteiger partial charge in [0, 0.05) is 21.7 Å². The number of ether oxygens (including phenoxy) is 2. The van der Waals surface area contributed by atoms with Gasteiger partial charge in [-0.2, -0.15) is 0 Å². The molecule has 3 nitrogen and oxygen atoms in total. The minimum absolute atomic E-state index is 0.149. The summed E-state index contributed by atoms with van der Waals surface area (Å²) >= 11 is 12.1. The molecule has 0 bridgehead atoms. The van der Waals surface area contributed by atoms with E-state index in [4.69, 9.17) is 32.7 Å². The Morgan fingerprint density at radius 2 is 1.58 bits per heavy atom. The normalized spacial score (nSPS) is 13.6. The Balaban J connectivity index is 1.30. The third-order valence-corrected chi connectivity index (χ3v) is 5.95. The molecular formula is C28H18Cl2O3. The standard InChI is InChI=1S/C28H18Cl2O3/c29-22-11-10-21(25(30)15-22)17-32-23-12-13-24-26(16-23)33-27(28(24)31)14-18-6-8-20(9-7-18)19-4-2-1-3-5-19/h1-16H,17H2/b27-14-. The van der Waals surface area contributed by atoms with Crippen molar-refractivity contribution in [2.24, 2.45) is 0 Å². The Morgan fingerprint density at radius 1 is 0.818 bits per heavy atom. The summed E-state index contributed by atoms with van der Waals surface area (Å²) < 4.78 is 11.7. The Morgan fingerprint density at radius 3 is 2.33 bits per heavy atom. The van der Waals surface area contributed by atoms with Crippen LogP contribution in [-0.4, -0.2) is 5.78 Å². The van der Waals surface area contributed by atoms with Crippen LogP contribution in [0, 0.1) is 0 Å². The van der Waals surface area contributed by atoms with E-state index in [0.29, 0.717) is 27.1 Å². The number of hydrogen-bond acceptors (Lipinski definition) is 3. The molecule has 5 heteroatoms. The third kappa shape index (κ3) is 4.65. The number of benzene rings is 4. The molecule has 4 aromatic carbocycles. The van der Waals surface area contributed by atoms with E-state index < -0.39 is 0 Å². The molecule has 0 fully saturated rings. The zero-order chi connectivity index (χ0) is 22.8. The topological polar surface area (TPSA) is 35.5 Å². The lowest BCUT2D eigenvalue weighted by molar-refractivity contribution is 0.101. The maximum Gasteiger partial charge on any atom is 0.231 e. The minimum atomic E-state index is -0.149. The smallest absolute Gasteiger partial charge is 0.231 e. The van der Waals surface area contributed by atoms with Crippen LogP contribution < -0.4 is 9.47 Å². The zero-order valence-electron chi connectivity index (χ0n) is 17.4. The molecule has 0 atom stereocenters. The molecule has 5 rings (SSSR count). The van der Waals surface area contributed by atoms with Gasteiger partial charge in [0.1, 0.15) is 18.1 Å². The van der Waals surface area contributed by atoms with Crippen LogP contribution in [0.5, 0.6) is 11.5 Å². The van der Waals surface area contributed by atoms with Crippen LogP contribution in [0.3, 0.4) is 0 Å². The van der Waals surface area contributed by atoms with E-state index in [1.807, 2.05) is 48.5 Å². The predicted molar refractivity (Wildman–Crippen MR) is 132 cm³/mol. The first-order chi connectivity index (χ1) is 16.1. The monoisotopic (exact) mass is 472 g/mol. The average Bonchev–Trinajstić information content (AvgIpc) is 3.14. The maximum absolute atomic E-state index is 12.8. The first-order valence-electron chi connectivity index (χ1n) is 10.4. The van der Waals surface area contributed by atoms with Crippen molar-refractivity contribution in [3.8, 4) is 22.6 Å². The summed E-state index contributed by atoms with van der Waals surface area (Å²) in [5, 5.41) is 1.11. The molecule has 0 saturated carbocycles. The van der Waals surface area contributed by atoms with Crippen molar-refractivity contribution in [1.29, 1.82) is 0 Å². The van der Waals surface area contributed by atoms with Gasteiger partial charge >= 0.3 is 0 Å². The number of rotatable bonds is 5. The van der Waals surface area contributed by atoms with Crippen molar-refractivity contribution in [3.63, 3.8) is 0 Å². The number of Topliss-reactive ketones (excluding diaryl/α,β-unsaturated/α-hetero) is 1. The second-order valence-electron chi connectivity index (χ2n) is 7.61. The molecule has 1 aliphatic heterocycles. The molecule has 0 aliphatic carbocycles. The molecule has 33 heavy (non-hydrogen) atoms. The molecule has 4 aromatic rings. The molecule has 0 saturated heterocycles. The van der Waals surface area contributed by atoms with Gasteiger partial charge in [-0.1, -0.05) is 83.9 Å². The molecule has 1 aliphatic rings. The number of allylic oxidation sites excluding steroid dienone is 1. The molecule has 0 amide bonds. The van der Waals surface area contributed by atoms with E-state index in [1.165, 1.54) is 0 Å². The van der Waals surface area contributed by atoms with Gasteiger partial charge in [0.15, 0.2) is 5.76 Å². The lowest BCUT2D eigenvalue weighted by atomic mass is 10.0. The van der Waals surface area contributed by atoms with Gasteiger partial charge in [0.25, 0.3) is 0 Å². The fourth-order valence-corrected chi connectivity index (χ4v) is 4.07. The van der Waals surface area contributed by atoms with E-state index in [2.05, 4.69) is 12.1 Å². The highest BCUT2D eigenvalue weighted by molar-refractivity contribution is 6.35. The predicted octanol–water partition coefficient (Wildman–Crippen LogP) is 7.86. The van der Waals surface area contributed by atoms with Crippen LogP contribution in [0.4, 0.5) is 0 Å². The quantitative estimate of drug-likeness (QED) is 0.277. The van der Waals surface area contributed by atoms with E-state index in [-0.39, 0.29) is 18.1 Å². The number of carbonyl (C=O) groups is 1. The van der Waals surface area contributed by atoms with Crippen molar-refractivity contribution in [3.05, 3.63) is 123 Å². The lowest BCUT2D eigenvalue weighted by Gasteiger charge is -2.09. The zero-order valence-corrected chi connectivity index (χ0v) is 18.9. The molecule has 162 valence electrons. The van der Waals surface area contributed by atoms with Crippen molar-refractivity contribution < 1.29 is 14.3 Å². The van der Waals surface area contributed by atoms with Crippen LogP contribution in [0.2, 0.25) is 10.0 Å². The number of halogens is 2. The van der Waals surface area contributed by atoms with Gasteiger partial charge in [-0.15, -0.1) is 0 Å². The first-order valence-corrected chi connectivity index (χ1v) is 11.1. The fourth-order valence-electron chi connectivity index (χ4n) is 3.61. The molecule has 0 radical (unpaired) electrons. The van der Waals surface area contributed by atoms with E-state index in [9.17, 15) is 4.79 Å². The summed E-state index contributed by atoms with van der Waals surface area (Å²) in [7, 11) is 0. The maximum atomic E-state index is 12.8. The van der Waals surface area contributed by atoms with Crippen molar-refractivity contribution in [1.82, 2.24) is 0 Å². The Bertz CT molecular complexity index is 1360. The van der Waals surface area contributed by atoms with Crippen molar-refractivity contribution >= 4 is 35.1 Å². The fraction of sp³-hybridized carbons (Fsp3) is 0.0357. The highest BCUT2D eigenvalue weighted by atomic mass is 35.5. The summed E-state index contributed by atoms with van der Waals surface area (Å²) in [6.45, 7) is 0.277. The van der Waals surface area contributed by atoms with Crippen LogP contribution >= 0.6 is 23.2 Å². The SMILES string of the molecule is O=C1/C(=C/c2ccc(-c3ccccc3)cc2)Oc2cc(OCc3ccc(Cl)cc3Cl)ccc21. The molecule has 0 aromatic heterocycles. The molecule has 0 unspecified atom stereocenters. The van der Waals surface area contributed by atoms with Gasteiger partial charge in [-0.05, 0) is 47.0 Å². The summed E-state index contributed by atoms with van der Waals surface area (Å²) in [6.07, 6.45) is 1.76. The molecule has 0 spiro atoms. The summed E-state index contributed by atoms with van der Waals surface area (Å²) in [6, 6.07) is 28.6. The van der Waals surface area contributed by atoms with Gasteiger partial charge in [-0.25, -0.2) is 0 Å². The van der Waals surface area contributed by atoms with Crippen molar-refractivity contribution in [2.75, 3.05) is 0 Å². The third-order valence-electron chi connectivity index (χ3n) is 5.37.